The Hall–Kier alpha value is -2.08. The van der Waals surface area contributed by atoms with Crippen LogP contribution < -0.4 is 10.6 Å². The molecule has 3 aromatic rings. The molecule has 0 unspecified atom stereocenters. The predicted molar refractivity (Wildman–Crippen MR) is 110 cm³/mol. The normalized spacial score (nSPS) is 12.6. The SMILES string of the molecule is C=C(c1ccc(Cl)cc1)[C@H](C)P(=O)(c1ccccc1)c1ccccc1. The molecule has 3 rings (SSSR count). The number of benzene rings is 3. The maximum Gasteiger partial charge on any atom is 0.150 e. The molecule has 0 aliphatic rings. The molecule has 0 radical (unpaired) electrons. The highest BCUT2D eigenvalue weighted by atomic mass is 35.5. The van der Waals surface area contributed by atoms with Crippen LogP contribution in [0.2, 0.25) is 5.02 Å². The van der Waals surface area contributed by atoms with Gasteiger partial charge in [0, 0.05) is 21.3 Å². The third-order valence-electron chi connectivity index (χ3n) is 4.54. The van der Waals surface area contributed by atoms with E-state index in [1.807, 2.05) is 91.9 Å². The van der Waals surface area contributed by atoms with Crippen molar-refractivity contribution in [3.05, 3.63) is 102 Å². The quantitative estimate of drug-likeness (QED) is 0.525. The summed E-state index contributed by atoms with van der Waals surface area (Å²) in [4.78, 5) is 0. The first-order chi connectivity index (χ1) is 12.0. The zero-order valence-electron chi connectivity index (χ0n) is 14.1. The molecule has 25 heavy (non-hydrogen) atoms. The number of halogens is 1. The lowest BCUT2D eigenvalue weighted by atomic mass is 10.1. The van der Waals surface area contributed by atoms with Crippen LogP contribution in [0.15, 0.2) is 91.5 Å². The molecule has 3 heteroatoms. The van der Waals surface area contributed by atoms with Crippen molar-refractivity contribution in [1.82, 2.24) is 0 Å². The first-order valence-corrected chi connectivity index (χ1v) is 10.3. The summed E-state index contributed by atoms with van der Waals surface area (Å²) in [5.41, 5.74) is 1.59. The molecule has 0 fully saturated rings. The van der Waals surface area contributed by atoms with Crippen molar-refractivity contribution >= 4 is 34.9 Å². The standard InChI is InChI=1S/C22H20ClOP/c1-17(19-13-15-20(23)16-14-19)18(2)25(24,21-9-5-3-6-10-21)22-11-7-4-8-12-22/h3-16,18H,1H2,2H3/t18-/m0/s1. The Morgan fingerprint density at radius 3 is 1.72 bits per heavy atom. The van der Waals surface area contributed by atoms with Crippen molar-refractivity contribution < 1.29 is 4.57 Å². The fourth-order valence-electron chi connectivity index (χ4n) is 3.02. The lowest BCUT2D eigenvalue weighted by Crippen LogP contribution is -2.24. The molecule has 0 aromatic heterocycles. The Kier molecular flexibility index (Phi) is 5.27. The second-order valence-electron chi connectivity index (χ2n) is 6.04. The van der Waals surface area contributed by atoms with Gasteiger partial charge >= 0.3 is 0 Å². The molecule has 1 nitrogen and oxygen atoms in total. The first kappa shape index (κ1) is 17.7. The molecular formula is C22H20ClOP. The van der Waals surface area contributed by atoms with Gasteiger partial charge in [-0.1, -0.05) is 97.9 Å². The van der Waals surface area contributed by atoms with E-state index in [2.05, 4.69) is 6.58 Å². The van der Waals surface area contributed by atoms with Crippen LogP contribution in [-0.4, -0.2) is 5.66 Å². The average molecular weight is 367 g/mol. The fourth-order valence-corrected chi connectivity index (χ4v) is 6.16. The smallest absolute Gasteiger partial charge is 0.150 e. The fraction of sp³-hybridized carbons (Fsp3) is 0.0909. The zero-order chi connectivity index (χ0) is 17.9. The lowest BCUT2D eigenvalue weighted by molar-refractivity contribution is 0.584. The molecule has 3 aromatic carbocycles. The molecule has 0 amide bonds. The summed E-state index contributed by atoms with van der Waals surface area (Å²) in [5, 5.41) is 2.38. The van der Waals surface area contributed by atoms with E-state index < -0.39 is 7.14 Å². The van der Waals surface area contributed by atoms with Crippen molar-refractivity contribution in [3.8, 4) is 0 Å². The average Bonchev–Trinajstić information content (AvgIpc) is 2.68. The summed E-state index contributed by atoms with van der Waals surface area (Å²) < 4.78 is 14.3. The summed E-state index contributed by atoms with van der Waals surface area (Å²) in [6.45, 7) is 6.25. The predicted octanol–water partition coefficient (Wildman–Crippen LogP) is 5.76. The van der Waals surface area contributed by atoms with E-state index in [-0.39, 0.29) is 5.66 Å². The number of hydrogen-bond acceptors (Lipinski definition) is 1. The molecule has 0 saturated carbocycles. The van der Waals surface area contributed by atoms with Crippen LogP contribution in [0.25, 0.3) is 5.57 Å². The van der Waals surface area contributed by atoms with Crippen LogP contribution in [0.4, 0.5) is 0 Å². The third kappa shape index (κ3) is 3.49. The molecule has 0 saturated heterocycles. The minimum Gasteiger partial charge on any atom is -0.313 e. The molecule has 0 aliphatic carbocycles. The Morgan fingerprint density at radius 1 is 0.840 bits per heavy atom. The molecule has 1 atom stereocenters. The van der Waals surface area contributed by atoms with Gasteiger partial charge in [0.2, 0.25) is 0 Å². The van der Waals surface area contributed by atoms with E-state index in [1.165, 1.54) is 0 Å². The summed E-state index contributed by atoms with van der Waals surface area (Å²) in [5.74, 6) is 0. The maximum atomic E-state index is 14.3. The van der Waals surface area contributed by atoms with Gasteiger partial charge in [-0.05, 0) is 23.3 Å². The Balaban J connectivity index is 2.10. The lowest BCUT2D eigenvalue weighted by Gasteiger charge is -2.28. The van der Waals surface area contributed by atoms with E-state index in [4.69, 9.17) is 11.6 Å². The van der Waals surface area contributed by atoms with Crippen molar-refractivity contribution in [3.63, 3.8) is 0 Å². The molecule has 0 N–H and O–H groups in total. The van der Waals surface area contributed by atoms with Crippen molar-refractivity contribution in [1.29, 1.82) is 0 Å². The molecule has 0 heterocycles. The summed E-state index contributed by atoms with van der Waals surface area (Å²) >= 11 is 5.99. The van der Waals surface area contributed by atoms with Gasteiger partial charge in [0.1, 0.15) is 7.14 Å². The topological polar surface area (TPSA) is 17.1 Å². The second kappa shape index (κ2) is 7.44. The largest absolute Gasteiger partial charge is 0.313 e. The van der Waals surface area contributed by atoms with E-state index in [9.17, 15) is 4.57 Å². The van der Waals surface area contributed by atoms with Gasteiger partial charge in [-0.2, -0.15) is 0 Å². The number of allylic oxidation sites excluding steroid dienone is 1. The second-order valence-corrected chi connectivity index (χ2v) is 9.60. The van der Waals surface area contributed by atoms with Gasteiger partial charge in [0.05, 0.1) is 0 Å². The monoisotopic (exact) mass is 366 g/mol. The number of hydrogen-bond donors (Lipinski definition) is 0. The van der Waals surface area contributed by atoms with Gasteiger partial charge in [-0.3, -0.25) is 0 Å². The highest BCUT2D eigenvalue weighted by Crippen LogP contribution is 2.52. The number of rotatable bonds is 5. The summed E-state index contributed by atoms with van der Waals surface area (Å²) in [6.07, 6.45) is 0. The Morgan fingerprint density at radius 2 is 1.28 bits per heavy atom. The van der Waals surface area contributed by atoms with E-state index >= 15 is 0 Å². The van der Waals surface area contributed by atoms with Gasteiger partial charge < -0.3 is 4.57 Å². The van der Waals surface area contributed by atoms with E-state index in [1.54, 1.807) is 0 Å². The zero-order valence-corrected chi connectivity index (χ0v) is 15.8. The van der Waals surface area contributed by atoms with Crippen LogP contribution in [0, 0.1) is 0 Å². The van der Waals surface area contributed by atoms with Gasteiger partial charge in [-0.25, -0.2) is 0 Å². The van der Waals surface area contributed by atoms with Crippen LogP contribution in [0.5, 0.6) is 0 Å². The summed E-state index contributed by atoms with van der Waals surface area (Å²) in [7, 11) is -2.88. The van der Waals surface area contributed by atoms with Crippen molar-refractivity contribution in [2.75, 3.05) is 0 Å². The van der Waals surface area contributed by atoms with E-state index in [0.717, 1.165) is 21.7 Å². The Bertz CT molecular complexity index is 858. The maximum absolute atomic E-state index is 14.3. The van der Waals surface area contributed by atoms with Crippen LogP contribution in [-0.2, 0) is 4.57 Å². The Labute approximate surface area is 154 Å². The molecule has 0 aliphatic heterocycles. The molecule has 0 spiro atoms. The van der Waals surface area contributed by atoms with E-state index in [0.29, 0.717) is 5.02 Å². The van der Waals surface area contributed by atoms with Gasteiger partial charge in [0.15, 0.2) is 0 Å². The van der Waals surface area contributed by atoms with Crippen molar-refractivity contribution in [2.24, 2.45) is 0 Å². The highest BCUT2D eigenvalue weighted by Gasteiger charge is 2.35. The van der Waals surface area contributed by atoms with Gasteiger partial charge in [0.25, 0.3) is 0 Å². The minimum absolute atomic E-state index is 0.224. The van der Waals surface area contributed by atoms with Gasteiger partial charge in [-0.15, -0.1) is 0 Å². The molecular weight excluding hydrogens is 347 g/mol. The minimum atomic E-state index is -2.88. The first-order valence-electron chi connectivity index (χ1n) is 8.19. The highest BCUT2D eigenvalue weighted by molar-refractivity contribution is 7.79. The van der Waals surface area contributed by atoms with Crippen molar-refractivity contribution in [2.45, 2.75) is 12.6 Å². The van der Waals surface area contributed by atoms with Crippen LogP contribution in [0.1, 0.15) is 12.5 Å². The molecule has 126 valence electrons. The molecule has 0 bridgehead atoms. The summed E-state index contributed by atoms with van der Waals surface area (Å²) in [6, 6.07) is 26.9. The van der Waals surface area contributed by atoms with Crippen LogP contribution in [0.3, 0.4) is 0 Å². The van der Waals surface area contributed by atoms with Crippen LogP contribution >= 0.6 is 18.7 Å². The third-order valence-corrected chi connectivity index (χ3v) is 8.33.